The zero-order chi connectivity index (χ0) is 23.7. The lowest BCUT2D eigenvalue weighted by Gasteiger charge is -2.37. The summed E-state index contributed by atoms with van der Waals surface area (Å²) in [5.74, 6) is 0.531. The molecular weight excluding hydrogens is 489 g/mol. The quantitative estimate of drug-likeness (QED) is 0.279. The summed E-state index contributed by atoms with van der Waals surface area (Å²) in [6.07, 6.45) is 1.53. The van der Waals surface area contributed by atoms with Crippen LogP contribution in [0.5, 0.6) is 5.75 Å². The van der Waals surface area contributed by atoms with E-state index in [0.717, 1.165) is 0 Å². The van der Waals surface area contributed by atoms with Gasteiger partial charge in [0.05, 0.1) is 10.6 Å². The van der Waals surface area contributed by atoms with Gasteiger partial charge in [0.15, 0.2) is 10.6 Å². The maximum Gasteiger partial charge on any atom is 0.257 e. The zero-order valence-corrected chi connectivity index (χ0v) is 21.6. The van der Waals surface area contributed by atoms with E-state index in [4.69, 9.17) is 43.8 Å². The molecule has 3 aromatic rings. The number of rotatable bonds is 6. The van der Waals surface area contributed by atoms with Gasteiger partial charge in [0.1, 0.15) is 17.1 Å². The molecule has 0 unspecified atom stereocenters. The molecule has 1 amide bonds. The molecule has 0 fully saturated rings. The second-order valence-corrected chi connectivity index (χ2v) is 15.0. The molecule has 1 N–H and O–H groups in total. The van der Waals surface area contributed by atoms with Crippen LogP contribution in [0.1, 0.15) is 20.8 Å². The van der Waals surface area contributed by atoms with Crippen LogP contribution in [0.15, 0.2) is 47.1 Å². The molecule has 0 aliphatic heterocycles. The largest absolute Gasteiger partial charge is 0.543 e. The van der Waals surface area contributed by atoms with Gasteiger partial charge in [-0.3, -0.25) is 9.78 Å². The third-order valence-corrected chi connectivity index (χ3v) is 10.4. The lowest BCUT2D eigenvalue weighted by Crippen LogP contribution is -2.44. The first kappa shape index (κ1) is 24.6. The van der Waals surface area contributed by atoms with Crippen molar-refractivity contribution in [3.8, 4) is 28.5 Å². The molecule has 3 rings (SSSR count). The van der Waals surface area contributed by atoms with Crippen LogP contribution in [-0.4, -0.2) is 29.2 Å². The molecular formula is C22H24Cl3N3O3Si. The van der Waals surface area contributed by atoms with Crippen LogP contribution in [0.4, 0.5) is 5.69 Å². The molecule has 0 radical (unpaired) electrons. The van der Waals surface area contributed by atoms with Crippen molar-refractivity contribution in [2.45, 2.75) is 43.7 Å². The van der Waals surface area contributed by atoms with Crippen molar-refractivity contribution in [3.05, 3.63) is 47.6 Å². The summed E-state index contributed by atoms with van der Waals surface area (Å²) in [6.45, 7) is 10.9. The van der Waals surface area contributed by atoms with Gasteiger partial charge < -0.3 is 14.3 Å². The Labute approximate surface area is 203 Å². The average molecular weight is 513 g/mol. The molecule has 2 heterocycles. The third-order valence-electron chi connectivity index (χ3n) is 5.39. The first-order valence-electron chi connectivity index (χ1n) is 9.89. The lowest BCUT2D eigenvalue weighted by molar-refractivity contribution is -0.114. The van der Waals surface area contributed by atoms with Crippen molar-refractivity contribution < 1.29 is 13.7 Å². The number of anilines is 1. The van der Waals surface area contributed by atoms with Crippen molar-refractivity contribution in [2.24, 2.45) is 0 Å². The summed E-state index contributed by atoms with van der Waals surface area (Å²) in [6, 6.07) is 10.5. The van der Waals surface area contributed by atoms with Gasteiger partial charge in [0, 0.05) is 18.0 Å². The number of hydrogen-bond donors (Lipinski definition) is 1. The van der Waals surface area contributed by atoms with E-state index in [1.54, 1.807) is 24.3 Å². The number of halogens is 3. The second-order valence-electron chi connectivity index (χ2n) is 8.77. The SMILES string of the molecule is CC(C)(C)[Si](C)(C)Oc1cccc(Cl)c1-c1cc(-c2cc(NC(=O)C(Cl)Cl)ccn2)on1. The number of nitrogens with zero attached hydrogens (tertiary/aromatic N) is 2. The van der Waals surface area contributed by atoms with Crippen molar-refractivity contribution in [1.82, 2.24) is 10.1 Å². The van der Waals surface area contributed by atoms with Crippen molar-refractivity contribution >= 4 is 54.7 Å². The fourth-order valence-corrected chi connectivity index (χ4v) is 4.02. The summed E-state index contributed by atoms with van der Waals surface area (Å²) < 4.78 is 12.1. The molecule has 32 heavy (non-hydrogen) atoms. The fourth-order valence-electron chi connectivity index (χ4n) is 2.62. The number of amides is 1. The van der Waals surface area contributed by atoms with E-state index in [0.29, 0.717) is 39.2 Å². The van der Waals surface area contributed by atoms with Crippen LogP contribution < -0.4 is 9.74 Å². The predicted octanol–water partition coefficient (Wildman–Crippen LogP) is 7.18. The van der Waals surface area contributed by atoms with Crippen molar-refractivity contribution in [1.29, 1.82) is 0 Å². The Balaban J connectivity index is 1.95. The minimum atomic E-state index is -2.11. The van der Waals surface area contributed by atoms with E-state index in [1.807, 2.05) is 12.1 Å². The van der Waals surface area contributed by atoms with E-state index in [1.165, 1.54) is 6.20 Å². The van der Waals surface area contributed by atoms with E-state index in [-0.39, 0.29) is 5.04 Å². The molecule has 0 spiro atoms. The van der Waals surface area contributed by atoms with Crippen LogP contribution >= 0.6 is 34.8 Å². The number of carbonyl (C=O) groups excluding carboxylic acids is 1. The minimum absolute atomic E-state index is 0.0153. The molecule has 10 heteroatoms. The summed E-state index contributed by atoms with van der Waals surface area (Å²) in [7, 11) is -2.11. The number of nitrogens with one attached hydrogen (secondary N) is 1. The molecule has 170 valence electrons. The van der Waals surface area contributed by atoms with Gasteiger partial charge in [0.2, 0.25) is 0 Å². The van der Waals surface area contributed by atoms with E-state index in [2.05, 4.69) is 49.3 Å². The highest BCUT2D eigenvalue weighted by Crippen LogP contribution is 2.43. The maximum atomic E-state index is 11.8. The molecule has 0 bridgehead atoms. The number of aromatic nitrogens is 2. The summed E-state index contributed by atoms with van der Waals surface area (Å²) in [4.78, 5) is 14.9. The molecule has 0 aliphatic rings. The van der Waals surface area contributed by atoms with Crippen molar-refractivity contribution in [3.63, 3.8) is 0 Å². The Morgan fingerprint density at radius 2 is 1.88 bits per heavy atom. The Hall–Kier alpha value is -2.06. The van der Waals surface area contributed by atoms with Gasteiger partial charge >= 0.3 is 0 Å². The smallest absolute Gasteiger partial charge is 0.257 e. The van der Waals surface area contributed by atoms with Gasteiger partial charge in [-0.25, -0.2) is 0 Å². The van der Waals surface area contributed by atoms with Crippen LogP contribution in [0.25, 0.3) is 22.7 Å². The van der Waals surface area contributed by atoms with Gasteiger partial charge in [-0.1, -0.05) is 66.8 Å². The van der Waals surface area contributed by atoms with Crippen LogP contribution in [-0.2, 0) is 4.79 Å². The van der Waals surface area contributed by atoms with Crippen LogP contribution in [0.2, 0.25) is 23.2 Å². The highest BCUT2D eigenvalue weighted by Gasteiger charge is 2.39. The van der Waals surface area contributed by atoms with Gasteiger partial charge in [-0.05, 0) is 42.4 Å². The number of benzene rings is 1. The maximum absolute atomic E-state index is 11.8. The average Bonchev–Trinajstić information content (AvgIpc) is 3.16. The summed E-state index contributed by atoms with van der Waals surface area (Å²) in [5, 5.41) is 7.33. The Morgan fingerprint density at radius 3 is 2.53 bits per heavy atom. The van der Waals surface area contributed by atoms with Gasteiger partial charge in [-0.2, -0.15) is 0 Å². The normalized spacial score (nSPS) is 12.2. The topological polar surface area (TPSA) is 77.2 Å². The fraction of sp³-hybridized carbons (Fsp3) is 0.318. The zero-order valence-electron chi connectivity index (χ0n) is 18.4. The highest BCUT2D eigenvalue weighted by molar-refractivity contribution is 6.74. The number of carbonyl (C=O) groups is 1. The molecule has 0 atom stereocenters. The Morgan fingerprint density at radius 1 is 1.16 bits per heavy atom. The van der Waals surface area contributed by atoms with E-state index >= 15 is 0 Å². The number of hydrogen-bond acceptors (Lipinski definition) is 5. The van der Waals surface area contributed by atoms with E-state index in [9.17, 15) is 4.79 Å². The molecule has 0 saturated carbocycles. The van der Waals surface area contributed by atoms with Crippen LogP contribution in [0, 0.1) is 0 Å². The standard InChI is InChI=1S/C22H24Cl3N3O3Si/c1-22(2,3)32(4,5)31-17-8-6-7-14(23)19(17)16-12-18(30-28-16)15-11-13(9-10-26-15)27-21(29)20(24)25/h6-12,20H,1-5H3,(H,26,27,29). The minimum Gasteiger partial charge on any atom is -0.543 e. The Kier molecular flexibility index (Phi) is 7.24. The predicted molar refractivity (Wildman–Crippen MR) is 132 cm³/mol. The van der Waals surface area contributed by atoms with E-state index < -0.39 is 19.1 Å². The molecule has 1 aromatic carbocycles. The van der Waals surface area contributed by atoms with Crippen molar-refractivity contribution in [2.75, 3.05) is 5.32 Å². The number of pyridine rings is 1. The second kappa shape index (κ2) is 9.43. The molecule has 2 aromatic heterocycles. The first-order chi connectivity index (χ1) is 14.9. The summed E-state index contributed by atoms with van der Waals surface area (Å²) in [5.41, 5.74) is 2.13. The van der Waals surface area contributed by atoms with Gasteiger partial charge in [0.25, 0.3) is 14.2 Å². The molecule has 6 nitrogen and oxygen atoms in total. The molecule has 0 saturated heterocycles. The lowest BCUT2D eigenvalue weighted by atomic mass is 10.1. The molecule has 0 aliphatic carbocycles. The monoisotopic (exact) mass is 511 g/mol. The number of alkyl halides is 2. The Bertz CT molecular complexity index is 1130. The third kappa shape index (κ3) is 5.46. The highest BCUT2D eigenvalue weighted by atomic mass is 35.5. The van der Waals surface area contributed by atoms with Gasteiger partial charge in [-0.15, -0.1) is 0 Å². The summed E-state index contributed by atoms with van der Waals surface area (Å²) >= 11 is 17.7. The first-order valence-corrected chi connectivity index (χ1v) is 14.0. The van der Waals surface area contributed by atoms with Crippen LogP contribution in [0.3, 0.4) is 0 Å².